The van der Waals surface area contributed by atoms with E-state index >= 15 is 0 Å². The summed E-state index contributed by atoms with van der Waals surface area (Å²) in [7, 11) is 3.24. The minimum Gasteiger partial charge on any atom is -0.465 e. The lowest BCUT2D eigenvalue weighted by atomic mass is 10.1. The summed E-state index contributed by atoms with van der Waals surface area (Å²) in [6.07, 6.45) is 4.63. The van der Waals surface area contributed by atoms with Gasteiger partial charge in [-0.1, -0.05) is 0 Å². The second kappa shape index (κ2) is 6.10. The molecule has 0 saturated heterocycles. The Balaban J connectivity index is 1.99. The molecule has 0 aliphatic carbocycles. The maximum Gasteiger partial charge on any atom is 0.337 e. The van der Waals surface area contributed by atoms with Gasteiger partial charge in [0.2, 0.25) is 0 Å². The van der Waals surface area contributed by atoms with Gasteiger partial charge in [0, 0.05) is 19.8 Å². The normalized spacial score (nSPS) is 10.3. The van der Waals surface area contributed by atoms with Crippen molar-refractivity contribution in [1.82, 2.24) is 9.78 Å². The van der Waals surface area contributed by atoms with Crippen molar-refractivity contribution in [3.63, 3.8) is 0 Å². The molecule has 3 N–H and O–H groups in total. The number of nitrogens with zero attached hydrogens (tertiary/aromatic N) is 2. The average molecular weight is 274 g/mol. The number of hydrogen-bond acceptors (Lipinski definition) is 5. The van der Waals surface area contributed by atoms with Crippen molar-refractivity contribution in [1.29, 1.82) is 0 Å². The first-order valence-corrected chi connectivity index (χ1v) is 6.29. The summed E-state index contributed by atoms with van der Waals surface area (Å²) in [6, 6.07) is 5.04. The highest BCUT2D eigenvalue weighted by Gasteiger charge is 2.08. The number of aromatic nitrogens is 2. The summed E-state index contributed by atoms with van der Waals surface area (Å²) in [6.45, 7) is 0.709. The minimum atomic E-state index is -0.375. The average Bonchev–Trinajstić information content (AvgIpc) is 2.85. The monoisotopic (exact) mass is 274 g/mol. The fraction of sp³-hybridized carbons (Fsp3) is 0.286. The Morgan fingerprint density at radius 3 is 2.95 bits per heavy atom. The number of nitrogens with two attached hydrogens (primary N) is 1. The summed E-state index contributed by atoms with van der Waals surface area (Å²) < 4.78 is 6.45. The van der Waals surface area contributed by atoms with E-state index in [9.17, 15) is 4.79 Å². The van der Waals surface area contributed by atoms with E-state index in [0.717, 1.165) is 17.7 Å². The number of nitrogen functional groups attached to an aromatic ring is 1. The fourth-order valence-corrected chi connectivity index (χ4v) is 1.90. The fourth-order valence-electron chi connectivity index (χ4n) is 1.90. The molecule has 0 fully saturated rings. The third kappa shape index (κ3) is 3.28. The van der Waals surface area contributed by atoms with Crippen molar-refractivity contribution in [3.05, 3.63) is 41.7 Å². The van der Waals surface area contributed by atoms with Crippen molar-refractivity contribution >= 4 is 17.3 Å². The van der Waals surface area contributed by atoms with Gasteiger partial charge in [0.25, 0.3) is 0 Å². The van der Waals surface area contributed by atoms with E-state index in [1.807, 2.05) is 19.4 Å². The summed E-state index contributed by atoms with van der Waals surface area (Å²) in [5.74, 6) is -0.375. The molecule has 1 aromatic heterocycles. The molecule has 0 bridgehead atoms. The molecule has 2 aromatic rings. The smallest absolute Gasteiger partial charge is 0.337 e. The van der Waals surface area contributed by atoms with Gasteiger partial charge >= 0.3 is 5.97 Å². The molecule has 1 aromatic carbocycles. The van der Waals surface area contributed by atoms with Crippen LogP contribution in [0.2, 0.25) is 0 Å². The molecule has 0 radical (unpaired) electrons. The Labute approximate surface area is 117 Å². The number of esters is 1. The highest BCUT2D eigenvalue weighted by Crippen LogP contribution is 2.20. The van der Waals surface area contributed by atoms with Crippen molar-refractivity contribution < 1.29 is 9.53 Å². The maximum atomic E-state index is 11.5. The van der Waals surface area contributed by atoms with Gasteiger partial charge in [-0.3, -0.25) is 4.68 Å². The van der Waals surface area contributed by atoms with Gasteiger partial charge in [-0.15, -0.1) is 0 Å². The van der Waals surface area contributed by atoms with Gasteiger partial charge in [0.1, 0.15) is 0 Å². The van der Waals surface area contributed by atoms with Gasteiger partial charge in [-0.2, -0.15) is 5.10 Å². The second-order valence-electron chi connectivity index (χ2n) is 4.49. The standard InChI is InChI=1S/C14H18N4O2/c1-18-9-10(8-17-18)5-6-16-13-7-11(14(19)20-2)3-4-12(13)15/h3-4,7-9,16H,5-6,15H2,1-2H3. The first-order valence-electron chi connectivity index (χ1n) is 6.29. The Hall–Kier alpha value is -2.50. The zero-order chi connectivity index (χ0) is 14.5. The molecule has 0 saturated carbocycles. The summed E-state index contributed by atoms with van der Waals surface area (Å²) >= 11 is 0. The van der Waals surface area contributed by atoms with E-state index in [1.165, 1.54) is 7.11 Å². The third-order valence-electron chi connectivity index (χ3n) is 2.96. The summed E-state index contributed by atoms with van der Waals surface area (Å²) in [5, 5.41) is 7.33. The predicted octanol–water partition coefficient (Wildman–Crippen LogP) is 1.44. The van der Waals surface area contributed by atoms with E-state index in [4.69, 9.17) is 5.73 Å². The number of methoxy groups -OCH3 is 1. The topological polar surface area (TPSA) is 82.2 Å². The lowest BCUT2D eigenvalue weighted by Gasteiger charge is -2.10. The molecule has 6 heteroatoms. The van der Waals surface area contributed by atoms with Crippen LogP contribution in [0.1, 0.15) is 15.9 Å². The molecule has 0 spiro atoms. The van der Waals surface area contributed by atoms with Crippen molar-refractivity contribution in [3.8, 4) is 0 Å². The molecule has 0 unspecified atom stereocenters. The van der Waals surface area contributed by atoms with E-state index in [0.29, 0.717) is 17.8 Å². The van der Waals surface area contributed by atoms with Gasteiger partial charge in [0.15, 0.2) is 0 Å². The maximum absolute atomic E-state index is 11.5. The molecular weight excluding hydrogens is 256 g/mol. The molecule has 0 atom stereocenters. The number of ether oxygens (including phenoxy) is 1. The van der Waals surface area contributed by atoms with Gasteiger partial charge in [0.05, 0.1) is 30.2 Å². The summed E-state index contributed by atoms with van der Waals surface area (Å²) in [4.78, 5) is 11.5. The van der Waals surface area contributed by atoms with E-state index in [2.05, 4.69) is 15.2 Å². The number of aryl methyl sites for hydroxylation is 1. The summed E-state index contributed by atoms with van der Waals surface area (Å²) in [5.41, 5.74) is 8.84. The number of hydrogen-bond donors (Lipinski definition) is 2. The lowest BCUT2D eigenvalue weighted by molar-refractivity contribution is 0.0601. The third-order valence-corrected chi connectivity index (χ3v) is 2.96. The molecule has 106 valence electrons. The Kier molecular flexibility index (Phi) is 4.24. The second-order valence-corrected chi connectivity index (χ2v) is 4.49. The number of benzene rings is 1. The zero-order valence-electron chi connectivity index (χ0n) is 11.6. The van der Waals surface area contributed by atoms with Crippen molar-refractivity contribution in [2.75, 3.05) is 24.7 Å². The van der Waals surface area contributed by atoms with E-state index < -0.39 is 0 Å². The van der Waals surface area contributed by atoms with Crippen LogP contribution in [0.25, 0.3) is 0 Å². The number of anilines is 2. The molecule has 0 aliphatic heterocycles. The van der Waals surface area contributed by atoms with Gasteiger partial charge in [-0.25, -0.2) is 4.79 Å². The van der Waals surface area contributed by atoms with Crippen LogP contribution in [0, 0.1) is 0 Å². The molecule has 0 amide bonds. The highest BCUT2D eigenvalue weighted by molar-refractivity contribution is 5.91. The number of carbonyl (C=O) groups is 1. The Morgan fingerprint density at radius 2 is 2.30 bits per heavy atom. The predicted molar refractivity (Wildman–Crippen MR) is 77.6 cm³/mol. The number of carbonyl (C=O) groups excluding carboxylic acids is 1. The van der Waals surface area contributed by atoms with Crippen molar-refractivity contribution in [2.45, 2.75) is 6.42 Å². The number of rotatable bonds is 5. The first kappa shape index (κ1) is 13.9. The quantitative estimate of drug-likeness (QED) is 0.637. The van der Waals surface area contributed by atoms with Crippen LogP contribution < -0.4 is 11.1 Å². The number of nitrogens with one attached hydrogen (secondary N) is 1. The largest absolute Gasteiger partial charge is 0.465 e. The van der Waals surface area contributed by atoms with Crippen LogP contribution in [0.15, 0.2) is 30.6 Å². The van der Waals surface area contributed by atoms with Crippen LogP contribution in [-0.2, 0) is 18.2 Å². The van der Waals surface area contributed by atoms with Crippen molar-refractivity contribution in [2.24, 2.45) is 7.05 Å². The highest BCUT2D eigenvalue weighted by atomic mass is 16.5. The lowest BCUT2D eigenvalue weighted by Crippen LogP contribution is -2.09. The molecule has 0 aliphatic rings. The van der Waals surface area contributed by atoms with Gasteiger partial charge < -0.3 is 15.8 Å². The van der Waals surface area contributed by atoms with Gasteiger partial charge in [-0.05, 0) is 30.2 Å². The SMILES string of the molecule is COC(=O)c1ccc(N)c(NCCc2cnn(C)c2)c1. The van der Waals surface area contributed by atoms with Crippen LogP contribution in [0.3, 0.4) is 0 Å². The molecule has 20 heavy (non-hydrogen) atoms. The van der Waals surface area contributed by atoms with E-state index in [-0.39, 0.29) is 5.97 Å². The van der Waals surface area contributed by atoms with Crippen LogP contribution in [-0.4, -0.2) is 29.4 Å². The molecular formula is C14H18N4O2. The van der Waals surface area contributed by atoms with Crippen LogP contribution >= 0.6 is 0 Å². The van der Waals surface area contributed by atoms with E-state index in [1.54, 1.807) is 22.9 Å². The Bertz CT molecular complexity index is 607. The molecule has 6 nitrogen and oxygen atoms in total. The molecule has 1 heterocycles. The Morgan fingerprint density at radius 1 is 1.50 bits per heavy atom. The zero-order valence-corrected chi connectivity index (χ0v) is 11.6. The van der Waals surface area contributed by atoms with Crippen LogP contribution in [0.4, 0.5) is 11.4 Å². The molecule has 2 rings (SSSR count). The van der Waals surface area contributed by atoms with Crippen LogP contribution in [0.5, 0.6) is 0 Å². The first-order chi connectivity index (χ1) is 9.60. The minimum absolute atomic E-state index is 0.375.